The van der Waals surface area contributed by atoms with Crippen molar-refractivity contribution in [3.8, 4) is 0 Å². The van der Waals surface area contributed by atoms with Crippen LogP contribution in [0.1, 0.15) is 28.4 Å². The van der Waals surface area contributed by atoms with Crippen molar-refractivity contribution in [1.29, 1.82) is 0 Å². The van der Waals surface area contributed by atoms with Crippen LogP contribution in [0.15, 0.2) is 54.1 Å². The summed E-state index contributed by atoms with van der Waals surface area (Å²) in [5, 5.41) is 2.49. The molecule has 1 unspecified atom stereocenters. The molecule has 8 heteroatoms. The van der Waals surface area contributed by atoms with E-state index in [1.165, 1.54) is 0 Å². The number of halogens is 2. The zero-order valence-electron chi connectivity index (χ0n) is 15.6. The summed E-state index contributed by atoms with van der Waals surface area (Å²) < 4.78 is 0. The lowest BCUT2D eigenvalue weighted by molar-refractivity contribution is 0.0790. The molecule has 1 aromatic heterocycles. The summed E-state index contributed by atoms with van der Waals surface area (Å²) in [4.78, 5) is 19.2. The van der Waals surface area contributed by atoms with Gasteiger partial charge < -0.3 is 10.3 Å². The number of aromatic nitrogens is 1. The van der Waals surface area contributed by atoms with Crippen molar-refractivity contribution in [2.75, 3.05) is 5.01 Å². The highest BCUT2D eigenvalue weighted by Gasteiger charge is 2.35. The fourth-order valence-electron chi connectivity index (χ4n) is 3.42. The molecule has 0 saturated heterocycles. The molecule has 3 heterocycles. The Kier molecular flexibility index (Phi) is 4.79. The summed E-state index contributed by atoms with van der Waals surface area (Å²) in [5.41, 5.74) is 10.6. The van der Waals surface area contributed by atoms with E-state index in [1.807, 2.05) is 38.1 Å². The Morgan fingerprint density at radius 1 is 1.25 bits per heavy atom. The summed E-state index contributed by atoms with van der Waals surface area (Å²) in [6, 6.07) is 6.90. The Morgan fingerprint density at radius 2 is 2.04 bits per heavy atom. The number of nitrogens with zero attached hydrogens (tertiary/aromatic N) is 3. The van der Waals surface area contributed by atoms with E-state index in [4.69, 9.17) is 23.2 Å². The average Bonchev–Trinajstić information content (AvgIpc) is 3.08. The fraction of sp³-hybridized carbons (Fsp3) is 0.200. The Labute approximate surface area is 173 Å². The molecular formula is C20H19Cl2N5O. The topological polar surface area (TPSA) is 60.5 Å². The van der Waals surface area contributed by atoms with Crippen molar-refractivity contribution in [3.63, 3.8) is 0 Å². The van der Waals surface area contributed by atoms with Gasteiger partial charge in [-0.1, -0.05) is 35.3 Å². The van der Waals surface area contributed by atoms with E-state index < -0.39 is 0 Å². The van der Waals surface area contributed by atoms with Gasteiger partial charge in [-0.3, -0.25) is 4.79 Å². The van der Waals surface area contributed by atoms with Gasteiger partial charge in [0.25, 0.3) is 5.91 Å². The van der Waals surface area contributed by atoms with E-state index in [0.717, 1.165) is 28.3 Å². The van der Waals surface area contributed by atoms with Crippen molar-refractivity contribution in [2.24, 2.45) is 0 Å². The van der Waals surface area contributed by atoms with Gasteiger partial charge >= 0.3 is 0 Å². The van der Waals surface area contributed by atoms with Gasteiger partial charge in [0.1, 0.15) is 0 Å². The lowest BCUT2D eigenvalue weighted by atomic mass is 10.1. The second-order valence-electron chi connectivity index (χ2n) is 6.83. The minimum atomic E-state index is -0.231. The Morgan fingerprint density at radius 3 is 2.79 bits per heavy atom. The smallest absolute Gasteiger partial charge is 0.259 e. The number of pyridine rings is 1. The van der Waals surface area contributed by atoms with Crippen molar-refractivity contribution < 1.29 is 4.79 Å². The van der Waals surface area contributed by atoms with Gasteiger partial charge in [0.2, 0.25) is 0 Å². The Balaban J connectivity index is 1.64. The molecule has 28 heavy (non-hydrogen) atoms. The first-order chi connectivity index (χ1) is 13.4. The monoisotopic (exact) mass is 415 g/mol. The molecule has 144 valence electrons. The highest BCUT2D eigenvalue weighted by molar-refractivity contribution is 6.43. The average molecular weight is 416 g/mol. The van der Waals surface area contributed by atoms with Crippen molar-refractivity contribution in [1.82, 2.24) is 20.8 Å². The third kappa shape index (κ3) is 3.03. The molecular weight excluding hydrogens is 397 g/mol. The quantitative estimate of drug-likeness (QED) is 0.772. The van der Waals surface area contributed by atoms with Gasteiger partial charge in [0.05, 0.1) is 33.0 Å². The number of allylic oxidation sites excluding steroid dienone is 1. The standard InChI is InChI=1S/C20H19Cl2N5O/c1-11-9-12(2)19(23-10-11)27-16-7-8-26(13(3)18(16)24-25-27)20(28)14-5-4-6-15(21)17(14)22/h4-10,13,24-25H,1-3H3. The van der Waals surface area contributed by atoms with Crippen LogP contribution in [-0.2, 0) is 0 Å². The lowest BCUT2D eigenvalue weighted by Gasteiger charge is -2.30. The van der Waals surface area contributed by atoms with E-state index in [2.05, 4.69) is 22.0 Å². The summed E-state index contributed by atoms with van der Waals surface area (Å²) in [7, 11) is 0. The summed E-state index contributed by atoms with van der Waals surface area (Å²) >= 11 is 12.3. The maximum Gasteiger partial charge on any atom is 0.259 e. The molecule has 2 N–H and O–H groups in total. The number of hydrogen-bond acceptors (Lipinski definition) is 5. The van der Waals surface area contributed by atoms with Gasteiger partial charge in [-0.15, -0.1) is 5.53 Å². The number of carbonyl (C=O) groups is 1. The second kappa shape index (κ2) is 7.13. The first-order valence-corrected chi connectivity index (χ1v) is 9.58. The van der Waals surface area contributed by atoms with Crippen LogP contribution in [0.25, 0.3) is 0 Å². The van der Waals surface area contributed by atoms with Gasteiger partial charge in [0.15, 0.2) is 5.82 Å². The van der Waals surface area contributed by atoms with E-state index in [0.29, 0.717) is 10.6 Å². The van der Waals surface area contributed by atoms with Crippen LogP contribution in [0.4, 0.5) is 5.82 Å². The molecule has 0 bridgehead atoms. The number of nitrogens with one attached hydrogen (secondary N) is 2. The normalized spacial score (nSPS) is 18.4. The zero-order chi connectivity index (χ0) is 20.0. The third-order valence-electron chi connectivity index (χ3n) is 4.86. The number of hydrazine groups is 2. The first-order valence-electron chi connectivity index (χ1n) is 8.82. The minimum absolute atomic E-state index is 0.215. The van der Waals surface area contributed by atoms with Crippen LogP contribution in [-0.4, -0.2) is 21.8 Å². The highest BCUT2D eigenvalue weighted by Crippen LogP contribution is 2.32. The second-order valence-corrected chi connectivity index (χ2v) is 7.61. The van der Waals surface area contributed by atoms with Crippen molar-refractivity contribution >= 4 is 34.9 Å². The molecule has 0 saturated carbocycles. The minimum Gasteiger partial charge on any atom is -0.306 e. The number of anilines is 1. The highest BCUT2D eigenvalue weighted by atomic mass is 35.5. The molecule has 1 amide bonds. The first kappa shape index (κ1) is 18.8. The third-order valence-corrected chi connectivity index (χ3v) is 5.68. The maximum atomic E-state index is 13.0. The van der Waals surface area contributed by atoms with Crippen LogP contribution >= 0.6 is 23.2 Å². The number of amides is 1. The largest absolute Gasteiger partial charge is 0.306 e. The molecule has 2 aliphatic rings. The number of rotatable bonds is 2. The number of carbonyl (C=O) groups excluding carboxylic acids is 1. The van der Waals surface area contributed by atoms with Crippen LogP contribution in [0.3, 0.4) is 0 Å². The van der Waals surface area contributed by atoms with E-state index in [-0.39, 0.29) is 17.0 Å². The predicted octanol–water partition coefficient (Wildman–Crippen LogP) is 4.10. The van der Waals surface area contributed by atoms with Gasteiger partial charge in [-0.25, -0.2) is 9.99 Å². The van der Waals surface area contributed by atoms with Crippen LogP contribution in [0.2, 0.25) is 10.0 Å². The number of benzene rings is 1. The summed E-state index contributed by atoms with van der Waals surface area (Å²) in [5.74, 6) is 0.588. The molecule has 2 aromatic rings. The Hall–Kier alpha value is -2.54. The molecule has 0 spiro atoms. The molecule has 6 nitrogen and oxygen atoms in total. The molecule has 2 aliphatic heterocycles. The van der Waals surface area contributed by atoms with Crippen molar-refractivity contribution in [2.45, 2.75) is 26.8 Å². The van der Waals surface area contributed by atoms with Gasteiger partial charge in [-0.05, 0) is 50.1 Å². The Bertz CT molecular complexity index is 1030. The van der Waals surface area contributed by atoms with Crippen LogP contribution in [0, 0.1) is 13.8 Å². The van der Waals surface area contributed by atoms with Crippen molar-refractivity contribution in [3.05, 3.63) is 80.9 Å². The zero-order valence-corrected chi connectivity index (χ0v) is 17.1. The van der Waals surface area contributed by atoms with Gasteiger partial charge in [0, 0.05) is 12.4 Å². The van der Waals surface area contributed by atoms with E-state index >= 15 is 0 Å². The molecule has 0 aliphatic carbocycles. The molecule has 0 radical (unpaired) electrons. The lowest BCUT2D eigenvalue weighted by Crippen LogP contribution is -2.42. The number of hydrogen-bond donors (Lipinski definition) is 2. The number of aryl methyl sites for hydroxylation is 2. The van der Waals surface area contributed by atoms with Gasteiger partial charge in [-0.2, -0.15) is 0 Å². The van der Waals surface area contributed by atoms with E-state index in [1.54, 1.807) is 29.3 Å². The molecule has 1 atom stereocenters. The SMILES string of the molecule is Cc1cnc(N2NNC3=C2C=CN(C(=O)c2cccc(Cl)c2Cl)C3C)c(C)c1. The fourth-order valence-corrected chi connectivity index (χ4v) is 3.80. The molecule has 0 fully saturated rings. The molecule has 4 rings (SSSR count). The van der Waals surface area contributed by atoms with Crippen LogP contribution < -0.4 is 16.0 Å². The molecule has 1 aromatic carbocycles. The maximum absolute atomic E-state index is 13.0. The van der Waals surface area contributed by atoms with E-state index in [9.17, 15) is 4.79 Å². The summed E-state index contributed by atoms with van der Waals surface area (Å²) in [6.45, 7) is 5.97. The summed E-state index contributed by atoms with van der Waals surface area (Å²) in [6.07, 6.45) is 5.46. The predicted molar refractivity (Wildman–Crippen MR) is 111 cm³/mol. The van der Waals surface area contributed by atoms with Crippen LogP contribution in [0.5, 0.6) is 0 Å².